The molecule has 0 spiro atoms. The number of esters is 4. The monoisotopic (exact) mass is 1480 g/mol. The number of carbonyl (C=O) groups excluding carboxylic acids is 4. The van der Waals surface area contributed by atoms with Crippen LogP contribution < -0.4 is 0 Å². The highest BCUT2D eigenvalue weighted by molar-refractivity contribution is 7.47. The molecule has 0 aliphatic rings. The molecule has 0 aromatic rings. The van der Waals surface area contributed by atoms with E-state index in [1.807, 2.05) is 0 Å². The number of aliphatic hydroxyl groups is 1. The molecule has 0 heterocycles. The van der Waals surface area contributed by atoms with Gasteiger partial charge < -0.3 is 33.8 Å². The number of unbranched alkanes of at least 4 members (excludes halogenated alkanes) is 54. The Morgan fingerprint density at radius 2 is 0.455 bits per heavy atom. The zero-order valence-electron chi connectivity index (χ0n) is 66.1. The molecule has 17 nitrogen and oxygen atoms in total. The first-order chi connectivity index (χ1) is 49.0. The third-order valence-electron chi connectivity index (χ3n) is 19.3. The molecule has 101 heavy (non-hydrogen) atoms. The summed E-state index contributed by atoms with van der Waals surface area (Å²) >= 11 is 0. The molecule has 0 fully saturated rings. The highest BCUT2D eigenvalue weighted by Gasteiger charge is 2.30. The Morgan fingerprint density at radius 3 is 0.673 bits per heavy atom. The topological polar surface area (TPSA) is 237 Å². The summed E-state index contributed by atoms with van der Waals surface area (Å²) in [7, 11) is -9.92. The molecule has 0 aromatic heterocycles. The molecule has 0 aromatic carbocycles. The highest BCUT2D eigenvalue weighted by atomic mass is 31.2. The van der Waals surface area contributed by atoms with Gasteiger partial charge in [-0.2, -0.15) is 0 Å². The van der Waals surface area contributed by atoms with Gasteiger partial charge in [-0.25, -0.2) is 9.13 Å². The van der Waals surface area contributed by atoms with Gasteiger partial charge in [-0.1, -0.05) is 388 Å². The van der Waals surface area contributed by atoms with Crippen LogP contribution in [0, 0.1) is 5.92 Å². The van der Waals surface area contributed by atoms with E-state index in [9.17, 15) is 43.2 Å². The fourth-order valence-electron chi connectivity index (χ4n) is 12.8. The Hall–Kier alpha value is -1.94. The van der Waals surface area contributed by atoms with Gasteiger partial charge in [0.05, 0.1) is 26.4 Å². The molecule has 3 N–H and O–H groups in total. The lowest BCUT2D eigenvalue weighted by Crippen LogP contribution is -2.30. The summed E-state index contributed by atoms with van der Waals surface area (Å²) in [6.07, 6.45) is 66.9. The highest BCUT2D eigenvalue weighted by Crippen LogP contribution is 2.45. The minimum atomic E-state index is -4.96. The summed E-state index contributed by atoms with van der Waals surface area (Å²) in [5.74, 6) is -1.39. The molecule has 0 aliphatic carbocycles. The van der Waals surface area contributed by atoms with E-state index in [1.165, 1.54) is 263 Å². The van der Waals surface area contributed by atoms with Gasteiger partial charge in [0.1, 0.15) is 19.3 Å². The summed E-state index contributed by atoms with van der Waals surface area (Å²) in [5.41, 5.74) is 0. The number of aliphatic hydroxyl groups excluding tert-OH is 1. The summed E-state index contributed by atoms with van der Waals surface area (Å²) in [5, 5.41) is 10.6. The second-order valence-corrected chi connectivity index (χ2v) is 32.9. The summed E-state index contributed by atoms with van der Waals surface area (Å²) < 4.78 is 68.6. The van der Waals surface area contributed by atoms with Crippen molar-refractivity contribution in [1.82, 2.24) is 0 Å². The molecule has 0 aliphatic heterocycles. The second-order valence-electron chi connectivity index (χ2n) is 30.0. The number of ether oxygens (including phenoxy) is 4. The van der Waals surface area contributed by atoms with Crippen molar-refractivity contribution in [3.8, 4) is 0 Å². The standard InChI is InChI=1S/C82H160O17P2/c1-6-9-12-15-18-21-23-25-27-29-31-32-33-35-37-39-41-43-46-52-57-62-67-81(86)98-77(72-93-80(85)66-61-56-51-45-42-40-38-36-34-30-28-26-24-22-19-16-13-10-7-2)73-96-100(88,89)94-69-76(83)70-95-101(90,91)97-74-78(71-92-79(84)65-60-55-50-44-20-17-14-11-8-3)99-82(87)68-63-58-53-48-47-49-54-59-64-75(4)5/h75-78,83H,6-74H2,1-5H3,(H,88,89)(H,90,91)/t76-,77-,78-/m1/s1. The average molecular weight is 1480 g/mol. The maximum Gasteiger partial charge on any atom is 0.472 e. The van der Waals surface area contributed by atoms with Gasteiger partial charge in [0.25, 0.3) is 0 Å². The lowest BCUT2D eigenvalue weighted by molar-refractivity contribution is -0.161. The minimum absolute atomic E-state index is 0.105. The molecular weight excluding hydrogens is 1320 g/mol. The number of phosphoric acid groups is 2. The van der Waals surface area contributed by atoms with Crippen LogP contribution in [0.1, 0.15) is 439 Å². The Balaban J connectivity index is 5.17. The Kier molecular flexibility index (Phi) is 73.5. The molecule has 0 rings (SSSR count). The smallest absolute Gasteiger partial charge is 0.462 e. The van der Waals surface area contributed by atoms with Gasteiger partial charge in [0, 0.05) is 25.7 Å². The van der Waals surface area contributed by atoms with E-state index in [1.54, 1.807) is 0 Å². The van der Waals surface area contributed by atoms with Crippen LogP contribution in [0.3, 0.4) is 0 Å². The van der Waals surface area contributed by atoms with Crippen molar-refractivity contribution in [3.63, 3.8) is 0 Å². The first kappa shape index (κ1) is 99.1. The van der Waals surface area contributed by atoms with Crippen LogP contribution >= 0.6 is 15.6 Å². The third kappa shape index (κ3) is 76.1. The predicted octanol–water partition coefficient (Wildman–Crippen LogP) is 24.8. The van der Waals surface area contributed by atoms with Gasteiger partial charge in [-0.3, -0.25) is 37.3 Å². The van der Waals surface area contributed by atoms with E-state index >= 15 is 0 Å². The van der Waals surface area contributed by atoms with Crippen molar-refractivity contribution in [3.05, 3.63) is 0 Å². The van der Waals surface area contributed by atoms with Crippen LogP contribution in [0.5, 0.6) is 0 Å². The normalized spacial score (nSPS) is 13.8. The van der Waals surface area contributed by atoms with Crippen LogP contribution in [0.25, 0.3) is 0 Å². The molecule has 0 saturated heterocycles. The van der Waals surface area contributed by atoms with Gasteiger partial charge in [-0.05, 0) is 31.6 Å². The predicted molar refractivity (Wildman–Crippen MR) is 414 cm³/mol. The number of hydrogen-bond donors (Lipinski definition) is 3. The van der Waals surface area contributed by atoms with Crippen molar-refractivity contribution < 1.29 is 80.2 Å². The first-order valence-corrected chi connectivity index (χ1v) is 45.6. The lowest BCUT2D eigenvalue weighted by Gasteiger charge is -2.21. The molecule has 0 amide bonds. The molecular formula is C82H160O17P2. The first-order valence-electron chi connectivity index (χ1n) is 42.6. The summed E-state index contributed by atoms with van der Waals surface area (Å²) in [6.45, 7) is 7.27. The fraction of sp³-hybridized carbons (Fsp3) is 0.951. The van der Waals surface area contributed by atoms with E-state index < -0.39 is 97.5 Å². The SMILES string of the molecule is CCCCCCCCCCCCCCCCCCCCCCCCC(=O)O[C@H](COC(=O)CCCCCCCCCCCCCCCCCCCCC)COP(=O)(O)OC[C@@H](O)COP(=O)(O)OC[C@@H](COC(=O)CCCCCCCCCCC)OC(=O)CCCCCCCCCCC(C)C. The Labute approximate surface area is 619 Å². The molecule has 19 heteroatoms. The third-order valence-corrected chi connectivity index (χ3v) is 21.2. The molecule has 600 valence electrons. The van der Waals surface area contributed by atoms with Crippen LogP contribution in [-0.2, 0) is 65.4 Å². The van der Waals surface area contributed by atoms with Crippen molar-refractivity contribution in [1.29, 1.82) is 0 Å². The van der Waals surface area contributed by atoms with Crippen molar-refractivity contribution in [2.75, 3.05) is 39.6 Å². The molecule has 0 saturated carbocycles. The zero-order valence-corrected chi connectivity index (χ0v) is 67.8. The van der Waals surface area contributed by atoms with Gasteiger partial charge in [0.2, 0.25) is 0 Å². The zero-order chi connectivity index (χ0) is 74.1. The number of carbonyl (C=O) groups is 4. The number of phosphoric ester groups is 2. The largest absolute Gasteiger partial charge is 0.472 e. The molecule has 0 radical (unpaired) electrons. The van der Waals surface area contributed by atoms with Crippen LogP contribution in [-0.4, -0.2) is 96.7 Å². The summed E-state index contributed by atoms with van der Waals surface area (Å²) in [6, 6.07) is 0. The van der Waals surface area contributed by atoms with Crippen LogP contribution in [0.4, 0.5) is 0 Å². The van der Waals surface area contributed by atoms with Crippen LogP contribution in [0.2, 0.25) is 0 Å². The van der Waals surface area contributed by atoms with Crippen LogP contribution in [0.15, 0.2) is 0 Å². The van der Waals surface area contributed by atoms with Crippen molar-refractivity contribution >= 4 is 39.5 Å². The molecule has 0 bridgehead atoms. The van der Waals surface area contributed by atoms with E-state index in [2.05, 4.69) is 34.6 Å². The van der Waals surface area contributed by atoms with Gasteiger partial charge in [-0.15, -0.1) is 0 Å². The van der Waals surface area contributed by atoms with Gasteiger partial charge in [0.15, 0.2) is 12.2 Å². The van der Waals surface area contributed by atoms with Crippen molar-refractivity contribution in [2.24, 2.45) is 5.92 Å². The van der Waals surface area contributed by atoms with E-state index in [-0.39, 0.29) is 25.7 Å². The lowest BCUT2D eigenvalue weighted by atomic mass is 10.0. The van der Waals surface area contributed by atoms with Crippen molar-refractivity contribution in [2.45, 2.75) is 457 Å². The van der Waals surface area contributed by atoms with Gasteiger partial charge >= 0.3 is 39.5 Å². The quantitative estimate of drug-likeness (QED) is 0.0222. The Bertz CT molecular complexity index is 1930. The molecule has 5 atom stereocenters. The summed E-state index contributed by atoms with van der Waals surface area (Å²) in [4.78, 5) is 72.9. The maximum absolute atomic E-state index is 13.1. The Morgan fingerprint density at radius 1 is 0.267 bits per heavy atom. The number of rotatable bonds is 82. The minimum Gasteiger partial charge on any atom is -0.462 e. The van der Waals surface area contributed by atoms with E-state index in [0.717, 1.165) is 95.8 Å². The molecule has 2 unspecified atom stereocenters. The van der Waals surface area contributed by atoms with E-state index in [0.29, 0.717) is 25.7 Å². The average Bonchev–Trinajstić information content (AvgIpc) is 0.996. The van der Waals surface area contributed by atoms with E-state index in [4.69, 9.17) is 37.0 Å². The fourth-order valence-corrected chi connectivity index (χ4v) is 14.3. The second kappa shape index (κ2) is 74.9. The maximum atomic E-state index is 13.1. The number of hydrogen-bond acceptors (Lipinski definition) is 15.